The summed E-state index contributed by atoms with van der Waals surface area (Å²) in [6, 6.07) is 20.9. The number of nitrogens with zero attached hydrogens (tertiary/aromatic N) is 2. The van der Waals surface area contributed by atoms with Crippen molar-refractivity contribution in [2.75, 3.05) is 10.2 Å². The lowest BCUT2D eigenvalue weighted by Crippen LogP contribution is -2.46. The number of benzene rings is 3. The molecule has 6 nitrogen and oxygen atoms in total. The summed E-state index contributed by atoms with van der Waals surface area (Å²) in [6.07, 6.45) is 3.67. The van der Waals surface area contributed by atoms with Gasteiger partial charge >= 0.3 is 0 Å². The number of carbonyl (C=O) groups is 3. The minimum Gasteiger partial charge on any atom is -0.357 e. The van der Waals surface area contributed by atoms with Crippen LogP contribution in [0.4, 0.5) is 15.8 Å². The third-order valence-electron chi connectivity index (χ3n) is 6.86. The van der Waals surface area contributed by atoms with Gasteiger partial charge in [-0.05, 0) is 41.5 Å². The van der Waals surface area contributed by atoms with Crippen LogP contribution in [-0.2, 0) is 14.4 Å². The molecule has 7 heteroatoms. The zero-order valence-electron chi connectivity index (χ0n) is 18.0. The maximum absolute atomic E-state index is 14.6. The fourth-order valence-electron chi connectivity index (χ4n) is 5.47. The topological polar surface area (TPSA) is 69.7 Å². The minimum atomic E-state index is -0.948. The lowest BCUT2D eigenvalue weighted by Gasteiger charge is -2.35. The molecule has 2 fully saturated rings. The second kappa shape index (κ2) is 7.66. The molecule has 0 spiro atoms. The van der Waals surface area contributed by atoms with Crippen LogP contribution in [0.15, 0.2) is 85.1 Å². The van der Waals surface area contributed by atoms with Crippen LogP contribution in [0.5, 0.6) is 0 Å². The number of amides is 3. The summed E-state index contributed by atoms with van der Waals surface area (Å²) in [7, 11) is 0. The van der Waals surface area contributed by atoms with E-state index in [2.05, 4.69) is 5.32 Å². The molecule has 3 aliphatic rings. The summed E-state index contributed by atoms with van der Waals surface area (Å²) in [5.41, 5.74) is 2.31. The zero-order chi connectivity index (χ0) is 23.4. The molecule has 0 bridgehead atoms. The molecule has 0 saturated carbocycles. The standard InChI is InChI=1S/C27H20FN3O3/c28-19-12-6-7-13-20(19)31-26(33)21-22(27(31)34)24(25(32)29-17-9-2-1-3-10-17)30-15-14-16-8-4-5-11-18(16)23(21)30/h1-15,21-24H,(H,29,32)/t21-,22+,23+,24-/m1/s1. The fourth-order valence-corrected chi connectivity index (χ4v) is 5.47. The van der Waals surface area contributed by atoms with Crippen molar-refractivity contribution < 1.29 is 18.8 Å². The normalized spacial score (nSPS) is 24.6. The number of rotatable bonds is 3. The molecule has 34 heavy (non-hydrogen) atoms. The Morgan fingerprint density at radius 2 is 1.50 bits per heavy atom. The molecule has 0 aliphatic carbocycles. The maximum atomic E-state index is 14.6. The van der Waals surface area contributed by atoms with E-state index >= 15 is 0 Å². The average Bonchev–Trinajstić information content (AvgIpc) is 3.33. The van der Waals surface area contributed by atoms with Gasteiger partial charge in [0.1, 0.15) is 11.9 Å². The van der Waals surface area contributed by atoms with Crippen molar-refractivity contribution in [2.24, 2.45) is 11.8 Å². The molecule has 3 aliphatic heterocycles. The lowest BCUT2D eigenvalue weighted by atomic mass is 9.84. The fraction of sp³-hybridized carbons (Fsp3) is 0.148. The Morgan fingerprint density at radius 3 is 2.29 bits per heavy atom. The zero-order valence-corrected chi connectivity index (χ0v) is 18.0. The second-order valence-corrected chi connectivity index (χ2v) is 8.65. The summed E-state index contributed by atoms with van der Waals surface area (Å²) >= 11 is 0. The van der Waals surface area contributed by atoms with Crippen molar-refractivity contribution in [1.29, 1.82) is 0 Å². The first-order valence-electron chi connectivity index (χ1n) is 11.1. The van der Waals surface area contributed by atoms with Crippen LogP contribution in [0.3, 0.4) is 0 Å². The highest BCUT2D eigenvalue weighted by Gasteiger charge is 2.64. The average molecular weight is 453 g/mol. The molecule has 4 atom stereocenters. The van der Waals surface area contributed by atoms with Crippen molar-refractivity contribution in [2.45, 2.75) is 12.1 Å². The van der Waals surface area contributed by atoms with Gasteiger partial charge in [0.15, 0.2) is 0 Å². The summed E-state index contributed by atoms with van der Waals surface area (Å²) in [6.45, 7) is 0. The van der Waals surface area contributed by atoms with E-state index in [4.69, 9.17) is 0 Å². The van der Waals surface area contributed by atoms with E-state index in [0.717, 1.165) is 16.0 Å². The van der Waals surface area contributed by atoms with Gasteiger partial charge in [-0.15, -0.1) is 0 Å². The van der Waals surface area contributed by atoms with Crippen molar-refractivity contribution in [3.8, 4) is 0 Å². The van der Waals surface area contributed by atoms with Crippen molar-refractivity contribution in [3.63, 3.8) is 0 Å². The molecule has 3 aromatic rings. The molecule has 0 unspecified atom stereocenters. The lowest BCUT2D eigenvalue weighted by molar-refractivity contribution is -0.128. The van der Waals surface area contributed by atoms with E-state index < -0.39 is 41.6 Å². The molecular weight excluding hydrogens is 433 g/mol. The molecule has 0 radical (unpaired) electrons. The van der Waals surface area contributed by atoms with Crippen LogP contribution in [0.1, 0.15) is 17.2 Å². The van der Waals surface area contributed by atoms with Crippen LogP contribution in [0.25, 0.3) is 6.08 Å². The van der Waals surface area contributed by atoms with Crippen LogP contribution >= 0.6 is 0 Å². The Kier molecular flexibility index (Phi) is 4.58. The molecule has 1 N–H and O–H groups in total. The first-order valence-corrected chi connectivity index (χ1v) is 11.1. The van der Waals surface area contributed by atoms with E-state index in [0.29, 0.717) is 5.69 Å². The Hall–Kier alpha value is -4.26. The molecule has 3 amide bonds. The first-order chi connectivity index (χ1) is 16.6. The Morgan fingerprint density at radius 1 is 0.824 bits per heavy atom. The van der Waals surface area contributed by atoms with Crippen molar-refractivity contribution in [1.82, 2.24) is 4.90 Å². The minimum absolute atomic E-state index is 0.0831. The van der Waals surface area contributed by atoms with Gasteiger partial charge in [0, 0.05) is 11.9 Å². The van der Waals surface area contributed by atoms with Gasteiger partial charge in [-0.25, -0.2) is 9.29 Å². The van der Waals surface area contributed by atoms with Gasteiger partial charge in [-0.1, -0.05) is 54.6 Å². The third kappa shape index (κ3) is 2.90. The number of hydrogen-bond donors (Lipinski definition) is 1. The highest BCUT2D eigenvalue weighted by molar-refractivity contribution is 6.24. The van der Waals surface area contributed by atoms with E-state index in [1.165, 1.54) is 18.2 Å². The summed E-state index contributed by atoms with van der Waals surface area (Å²) in [4.78, 5) is 43.7. The predicted octanol–water partition coefficient (Wildman–Crippen LogP) is 3.98. The van der Waals surface area contributed by atoms with Crippen molar-refractivity contribution in [3.05, 3.63) is 102 Å². The number of hydrogen-bond acceptors (Lipinski definition) is 4. The molecule has 6 rings (SSSR count). The molecule has 3 aromatic carbocycles. The van der Waals surface area contributed by atoms with Gasteiger partial charge < -0.3 is 10.2 Å². The number of nitrogens with one attached hydrogen (secondary N) is 1. The number of carbonyl (C=O) groups excluding carboxylic acids is 3. The number of anilines is 2. The Bertz CT molecular complexity index is 1360. The Balaban J connectivity index is 1.46. The van der Waals surface area contributed by atoms with E-state index in [1.54, 1.807) is 36.5 Å². The van der Waals surface area contributed by atoms with Gasteiger partial charge in [-0.3, -0.25) is 14.4 Å². The summed E-state index contributed by atoms with van der Waals surface area (Å²) in [5.74, 6) is -3.86. The molecular formula is C27H20FN3O3. The smallest absolute Gasteiger partial charge is 0.247 e. The van der Waals surface area contributed by atoms with Gasteiger partial charge in [-0.2, -0.15) is 0 Å². The van der Waals surface area contributed by atoms with E-state index in [-0.39, 0.29) is 11.6 Å². The number of para-hydroxylation sites is 2. The van der Waals surface area contributed by atoms with Crippen LogP contribution in [-0.4, -0.2) is 28.7 Å². The van der Waals surface area contributed by atoms with E-state index in [1.807, 2.05) is 41.3 Å². The second-order valence-electron chi connectivity index (χ2n) is 8.65. The van der Waals surface area contributed by atoms with Gasteiger partial charge in [0.05, 0.1) is 23.6 Å². The summed E-state index contributed by atoms with van der Waals surface area (Å²) < 4.78 is 14.6. The number of fused-ring (bicyclic) bond motifs is 5. The van der Waals surface area contributed by atoms with Gasteiger partial charge in [0.25, 0.3) is 0 Å². The predicted molar refractivity (Wildman–Crippen MR) is 125 cm³/mol. The first kappa shape index (κ1) is 20.4. The molecule has 168 valence electrons. The van der Waals surface area contributed by atoms with Crippen LogP contribution < -0.4 is 10.2 Å². The third-order valence-corrected chi connectivity index (χ3v) is 6.86. The summed E-state index contributed by atoms with van der Waals surface area (Å²) in [5, 5.41) is 2.88. The van der Waals surface area contributed by atoms with Crippen LogP contribution in [0, 0.1) is 17.7 Å². The number of halogens is 1. The molecule has 2 saturated heterocycles. The maximum Gasteiger partial charge on any atom is 0.247 e. The Labute approximate surface area is 195 Å². The van der Waals surface area contributed by atoms with E-state index in [9.17, 15) is 18.8 Å². The largest absolute Gasteiger partial charge is 0.357 e. The molecule has 0 aromatic heterocycles. The van der Waals surface area contributed by atoms with Gasteiger partial charge in [0.2, 0.25) is 17.7 Å². The highest BCUT2D eigenvalue weighted by Crippen LogP contribution is 2.53. The number of imide groups is 1. The quantitative estimate of drug-likeness (QED) is 0.609. The monoisotopic (exact) mass is 453 g/mol. The SMILES string of the molecule is O=C(Nc1ccccc1)[C@H]1[C@H]2C(=O)N(c3ccccc3F)C(=O)[C@H]2[C@@H]2c3ccccc3C=CN12. The molecule has 3 heterocycles. The van der Waals surface area contributed by atoms with Crippen molar-refractivity contribution >= 4 is 35.2 Å². The highest BCUT2D eigenvalue weighted by atomic mass is 19.1. The van der Waals surface area contributed by atoms with Crippen LogP contribution in [0.2, 0.25) is 0 Å².